The van der Waals surface area contributed by atoms with Gasteiger partial charge in [-0.1, -0.05) is 6.92 Å². The van der Waals surface area contributed by atoms with Crippen LogP contribution >= 0.6 is 0 Å². The summed E-state index contributed by atoms with van der Waals surface area (Å²) in [7, 11) is 4.15. The van der Waals surface area contributed by atoms with Crippen LogP contribution in [0.5, 0.6) is 0 Å². The van der Waals surface area contributed by atoms with Gasteiger partial charge in [0.15, 0.2) is 0 Å². The molecule has 0 aliphatic rings. The van der Waals surface area contributed by atoms with Gasteiger partial charge in [0.1, 0.15) is 0 Å². The van der Waals surface area contributed by atoms with Crippen molar-refractivity contribution in [3.8, 4) is 0 Å². The Bertz CT molecular complexity index is 128. The van der Waals surface area contributed by atoms with Crippen molar-refractivity contribution in [3.63, 3.8) is 0 Å². The first-order valence-electron chi connectivity index (χ1n) is 5.51. The SMILES string of the molecule is CNCC(C)CN(C)CCOC(C)C. The summed E-state index contributed by atoms with van der Waals surface area (Å²) in [6.45, 7) is 10.5. The van der Waals surface area contributed by atoms with E-state index in [1.165, 1.54) is 0 Å². The first-order valence-corrected chi connectivity index (χ1v) is 5.51. The van der Waals surface area contributed by atoms with E-state index in [4.69, 9.17) is 4.74 Å². The van der Waals surface area contributed by atoms with Gasteiger partial charge in [-0.2, -0.15) is 0 Å². The summed E-state index contributed by atoms with van der Waals surface area (Å²) < 4.78 is 5.50. The van der Waals surface area contributed by atoms with E-state index >= 15 is 0 Å². The molecule has 3 nitrogen and oxygen atoms in total. The number of hydrogen-bond acceptors (Lipinski definition) is 3. The fourth-order valence-electron chi connectivity index (χ4n) is 1.48. The van der Waals surface area contributed by atoms with Gasteiger partial charge in [-0.05, 0) is 40.4 Å². The second-order valence-corrected chi connectivity index (χ2v) is 4.34. The lowest BCUT2D eigenvalue weighted by Crippen LogP contribution is -2.32. The van der Waals surface area contributed by atoms with Gasteiger partial charge in [0.2, 0.25) is 0 Å². The minimum absolute atomic E-state index is 0.345. The van der Waals surface area contributed by atoms with Crippen LogP contribution in [0, 0.1) is 5.92 Å². The van der Waals surface area contributed by atoms with Crippen molar-refractivity contribution in [1.82, 2.24) is 10.2 Å². The molecule has 0 radical (unpaired) electrons. The van der Waals surface area contributed by atoms with Crippen molar-refractivity contribution in [2.24, 2.45) is 5.92 Å². The lowest BCUT2D eigenvalue weighted by molar-refractivity contribution is 0.0617. The van der Waals surface area contributed by atoms with Gasteiger partial charge in [-0.3, -0.25) is 0 Å². The molecule has 1 atom stereocenters. The van der Waals surface area contributed by atoms with E-state index in [0.717, 1.165) is 26.2 Å². The molecule has 0 rings (SSSR count). The van der Waals surface area contributed by atoms with E-state index in [2.05, 4.69) is 38.0 Å². The Labute approximate surface area is 88.8 Å². The summed E-state index contributed by atoms with van der Waals surface area (Å²) in [6.07, 6.45) is 0.345. The van der Waals surface area contributed by atoms with Crippen LogP contribution < -0.4 is 5.32 Å². The van der Waals surface area contributed by atoms with Crippen molar-refractivity contribution >= 4 is 0 Å². The maximum atomic E-state index is 5.50. The normalized spacial score (nSPS) is 13.9. The number of hydrogen-bond donors (Lipinski definition) is 1. The number of likely N-dealkylation sites (N-methyl/N-ethyl adjacent to an activating group) is 1. The highest BCUT2D eigenvalue weighted by atomic mass is 16.5. The molecule has 0 fully saturated rings. The van der Waals surface area contributed by atoms with E-state index in [-0.39, 0.29) is 0 Å². The minimum atomic E-state index is 0.345. The first kappa shape index (κ1) is 13.9. The molecule has 0 heterocycles. The number of ether oxygens (including phenoxy) is 1. The Kier molecular flexibility index (Phi) is 8.14. The molecular weight excluding hydrogens is 176 g/mol. The van der Waals surface area contributed by atoms with E-state index in [0.29, 0.717) is 12.0 Å². The average Bonchev–Trinajstić information content (AvgIpc) is 2.03. The van der Waals surface area contributed by atoms with Crippen molar-refractivity contribution < 1.29 is 4.74 Å². The molecule has 0 aromatic heterocycles. The highest BCUT2D eigenvalue weighted by molar-refractivity contribution is 4.60. The van der Waals surface area contributed by atoms with E-state index < -0.39 is 0 Å². The second-order valence-electron chi connectivity index (χ2n) is 4.34. The molecular formula is C11H26N2O. The fourth-order valence-corrected chi connectivity index (χ4v) is 1.48. The predicted molar refractivity (Wildman–Crippen MR) is 61.7 cm³/mol. The van der Waals surface area contributed by atoms with Crippen molar-refractivity contribution in [2.45, 2.75) is 26.9 Å². The Morgan fingerprint density at radius 2 is 1.93 bits per heavy atom. The van der Waals surface area contributed by atoms with Crippen LogP contribution in [0.4, 0.5) is 0 Å². The maximum absolute atomic E-state index is 5.50. The third kappa shape index (κ3) is 8.48. The molecule has 0 aromatic carbocycles. The van der Waals surface area contributed by atoms with Gasteiger partial charge < -0.3 is 15.0 Å². The zero-order valence-electron chi connectivity index (χ0n) is 10.3. The summed E-state index contributed by atoms with van der Waals surface area (Å²) in [5.41, 5.74) is 0. The molecule has 14 heavy (non-hydrogen) atoms. The van der Waals surface area contributed by atoms with Crippen molar-refractivity contribution in [2.75, 3.05) is 40.3 Å². The van der Waals surface area contributed by atoms with E-state index in [1.807, 2.05) is 7.05 Å². The molecule has 0 saturated heterocycles. The van der Waals surface area contributed by atoms with Crippen molar-refractivity contribution in [3.05, 3.63) is 0 Å². The van der Waals surface area contributed by atoms with Crippen LogP contribution in [-0.4, -0.2) is 51.3 Å². The molecule has 0 saturated carbocycles. The van der Waals surface area contributed by atoms with Crippen LogP contribution in [0.2, 0.25) is 0 Å². The first-order chi connectivity index (χ1) is 6.56. The van der Waals surface area contributed by atoms with Crippen molar-refractivity contribution in [1.29, 1.82) is 0 Å². The third-order valence-electron chi connectivity index (χ3n) is 2.10. The molecule has 1 N–H and O–H groups in total. The van der Waals surface area contributed by atoms with Gasteiger partial charge in [-0.15, -0.1) is 0 Å². The molecule has 0 aliphatic carbocycles. The lowest BCUT2D eigenvalue weighted by atomic mass is 10.2. The second kappa shape index (κ2) is 8.21. The Morgan fingerprint density at radius 1 is 1.29 bits per heavy atom. The molecule has 0 amide bonds. The fraction of sp³-hybridized carbons (Fsp3) is 1.00. The van der Waals surface area contributed by atoms with Gasteiger partial charge >= 0.3 is 0 Å². The van der Waals surface area contributed by atoms with E-state index in [9.17, 15) is 0 Å². The summed E-state index contributed by atoms with van der Waals surface area (Å²) in [6, 6.07) is 0. The van der Waals surface area contributed by atoms with Crippen LogP contribution in [0.1, 0.15) is 20.8 Å². The molecule has 0 spiro atoms. The zero-order chi connectivity index (χ0) is 11.0. The molecule has 0 bridgehead atoms. The number of rotatable bonds is 8. The molecule has 3 heteroatoms. The van der Waals surface area contributed by atoms with Gasteiger partial charge in [-0.25, -0.2) is 0 Å². The smallest absolute Gasteiger partial charge is 0.0596 e. The standard InChI is InChI=1S/C11H26N2O/c1-10(2)14-7-6-13(5)9-11(3)8-12-4/h10-12H,6-9H2,1-5H3. The Hall–Kier alpha value is -0.120. The highest BCUT2D eigenvalue weighted by Crippen LogP contribution is 1.96. The molecule has 86 valence electrons. The van der Waals surface area contributed by atoms with Gasteiger partial charge in [0.25, 0.3) is 0 Å². The summed E-state index contributed by atoms with van der Waals surface area (Å²) in [5, 5.41) is 3.19. The summed E-state index contributed by atoms with van der Waals surface area (Å²) in [4.78, 5) is 2.32. The number of nitrogens with one attached hydrogen (secondary N) is 1. The lowest BCUT2D eigenvalue weighted by Gasteiger charge is -2.21. The maximum Gasteiger partial charge on any atom is 0.0596 e. The van der Waals surface area contributed by atoms with Crippen LogP contribution in [0.3, 0.4) is 0 Å². The summed E-state index contributed by atoms with van der Waals surface area (Å²) in [5.74, 6) is 0.698. The van der Waals surface area contributed by atoms with Gasteiger partial charge in [0.05, 0.1) is 12.7 Å². The van der Waals surface area contributed by atoms with E-state index in [1.54, 1.807) is 0 Å². The Balaban J connectivity index is 3.39. The largest absolute Gasteiger partial charge is 0.377 e. The highest BCUT2D eigenvalue weighted by Gasteiger charge is 2.05. The molecule has 0 aromatic rings. The van der Waals surface area contributed by atoms with Crippen LogP contribution in [0.15, 0.2) is 0 Å². The van der Waals surface area contributed by atoms with Crippen LogP contribution in [0.25, 0.3) is 0 Å². The zero-order valence-corrected chi connectivity index (χ0v) is 10.3. The predicted octanol–water partition coefficient (Wildman–Crippen LogP) is 1.20. The number of nitrogens with zero attached hydrogens (tertiary/aromatic N) is 1. The quantitative estimate of drug-likeness (QED) is 0.640. The summed E-state index contributed by atoms with van der Waals surface area (Å²) >= 11 is 0. The average molecular weight is 202 g/mol. The Morgan fingerprint density at radius 3 is 2.43 bits per heavy atom. The van der Waals surface area contributed by atoms with Crippen LogP contribution in [-0.2, 0) is 4.74 Å². The topological polar surface area (TPSA) is 24.5 Å². The molecule has 1 unspecified atom stereocenters. The van der Waals surface area contributed by atoms with Gasteiger partial charge in [0, 0.05) is 13.1 Å². The molecule has 0 aliphatic heterocycles. The third-order valence-corrected chi connectivity index (χ3v) is 2.10. The monoisotopic (exact) mass is 202 g/mol. The minimum Gasteiger partial charge on any atom is -0.377 e.